The second-order valence-corrected chi connectivity index (χ2v) is 7.77. The molecule has 0 spiro atoms. The van der Waals surface area contributed by atoms with Crippen molar-refractivity contribution in [2.45, 2.75) is 19.0 Å². The third kappa shape index (κ3) is 5.21. The first-order valence-corrected chi connectivity index (χ1v) is 10.3. The van der Waals surface area contributed by atoms with Crippen LogP contribution in [0.5, 0.6) is 0 Å². The van der Waals surface area contributed by atoms with Gasteiger partial charge in [0, 0.05) is 24.8 Å². The lowest BCUT2D eigenvalue weighted by Crippen LogP contribution is -2.41. The van der Waals surface area contributed by atoms with Crippen LogP contribution in [0, 0.1) is 11.7 Å². The third-order valence-electron chi connectivity index (χ3n) is 5.43. The van der Waals surface area contributed by atoms with E-state index in [1.54, 1.807) is 6.07 Å². The van der Waals surface area contributed by atoms with Crippen molar-refractivity contribution in [2.24, 2.45) is 5.92 Å². The van der Waals surface area contributed by atoms with Crippen molar-refractivity contribution in [3.63, 3.8) is 0 Å². The van der Waals surface area contributed by atoms with E-state index in [-0.39, 0.29) is 17.2 Å². The van der Waals surface area contributed by atoms with E-state index >= 15 is 0 Å². The van der Waals surface area contributed by atoms with Gasteiger partial charge >= 0.3 is 6.18 Å². The van der Waals surface area contributed by atoms with Gasteiger partial charge in [0.1, 0.15) is 11.6 Å². The molecule has 1 atom stereocenters. The lowest BCUT2D eigenvalue weighted by molar-refractivity contribution is -0.137. The number of benzene rings is 2. The van der Waals surface area contributed by atoms with E-state index in [2.05, 4.69) is 10.4 Å². The van der Waals surface area contributed by atoms with Crippen LogP contribution < -0.4 is 15.8 Å². The molecule has 0 radical (unpaired) electrons. The molecule has 33 heavy (non-hydrogen) atoms. The molecule has 172 valence electrons. The molecule has 3 aromatic rings. The van der Waals surface area contributed by atoms with E-state index in [0.29, 0.717) is 37.4 Å². The zero-order valence-corrected chi connectivity index (χ0v) is 17.3. The molecule has 2 heterocycles. The Morgan fingerprint density at radius 3 is 2.55 bits per heavy atom. The molecule has 0 aliphatic carbocycles. The second-order valence-electron chi connectivity index (χ2n) is 7.77. The largest absolute Gasteiger partial charge is 0.416 e. The van der Waals surface area contributed by atoms with Crippen LogP contribution in [0.3, 0.4) is 0 Å². The van der Waals surface area contributed by atoms with Crippen LogP contribution in [0.1, 0.15) is 18.4 Å². The first kappa shape index (κ1) is 22.5. The smallest absolute Gasteiger partial charge is 0.354 e. The van der Waals surface area contributed by atoms with Crippen molar-refractivity contribution in [1.82, 2.24) is 9.78 Å². The summed E-state index contributed by atoms with van der Waals surface area (Å²) in [6.45, 7) is 0.890. The van der Waals surface area contributed by atoms with Gasteiger partial charge in [0.25, 0.3) is 5.56 Å². The highest BCUT2D eigenvalue weighted by Gasteiger charge is 2.31. The summed E-state index contributed by atoms with van der Waals surface area (Å²) >= 11 is 0. The van der Waals surface area contributed by atoms with E-state index < -0.39 is 23.5 Å². The van der Waals surface area contributed by atoms with Crippen LogP contribution in [0.25, 0.3) is 5.69 Å². The summed E-state index contributed by atoms with van der Waals surface area (Å²) < 4.78 is 53.2. The van der Waals surface area contributed by atoms with Crippen molar-refractivity contribution in [2.75, 3.05) is 23.3 Å². The van der Waals surface area contributed by atoms with Gasteiger partial charge in [0.15, 0.2) is 0 Å². The summed E-state index contributed by atoms with van der Waals surface area (Å²) in [5.74, 6) is -0.823. The Kier molecular flexibility index (Phi) is 6.17. The van der Waals surface area contributed by atoms with Crippen LogP contribution in [0.2, 0.25) is 0 Å². The summed E-state index contributed by atoms with van der Waals surface area (Å²) in [5.41, 5.74) is -0.743. The van der Waals surface area contributed by atoms with E-state index in [4.69, 9.17) is 0 Å². The summed E-state index contributed by atoms with van der Waals surface area (Å²) in [6, 6.07) is 12.7. The fourth-order valence-corrected chi connectivity index (χ4v) is 3.75. The molecule has 1 saturated heterocycles. The van der Waals surface area contributed by atoms with E-state index in [9.17, 15) is 27.2 Å². The Balaban J connectivity index is 1.50. The molecule has 4 rings (SSSR count). The van der Waals surface area contributed by atoms with Gasteiger partial charge < -0.3 is 10.2 Å². The Morgan fingerprint density at radius 2 is 1.82 bits per heavy atom. The number of amides is 1. The average Bonchev–Trinajstić information content (AvgIpc) is 2.80. The second kappa shape index (κ2) is 9.05. The Hall–Kier alpha value is -3.69. The Labute approximate surface area is 186 Å². The molecule has 0 bridgehead atoms. The van der Waals surface area contributed by atoms with Gasteiger partial charge in [-0.3, -0.25) is 9.59 Å². The van der Waals surface area contributed by atoms with Crippen molar-refractivity contribution < 1.29 is 22.4 Å². The normalized spacial score (nSPS) is 16.5. The van der Waals surface area contributed by atoms with Crippen molar-refractivity contribution in [3.05, 3.63) is 82.4 Å². The van der Waals surface area contributed by atoms with Crippen LogP contribution in [0.4, 0.5) is 29.1 Å². The fourth-order valence-electron chi connectivity index (χ4n) is 3.75. The number of carbonyl (C=O) groups excluding carboxylic acids is 1. The maximum absolute atomic E-state index is 13.2. The predicted octanol–water partition coefficient (Wildman–Crippen LogP) is 4.25. The molecule has 1 fully saturated rings. The Morgan fingerprint density at radius 1 is 1.06 bits per heavy atom. The molecule has 2 aromatic carbocycles. The zero-order valence-electron chi connectivity index (χ0n) is 17.3. The molecular formula is C23H20F4N4O2. The number of halogens is 4. The molecule has 0 saturated carbocycles. The number of rotatable bonds is 4. The minimum atomic E-state index is -4.50. The third-order valence-corrected chi connectivity index (χ3v) is 5.43. The number of nitrogens with one attached hydrogen (secondary N) is 1. The van der Waals surface area contributed by atoms with Gasteiger partial charge in [-0.1, -0.05) is 6.07 Å². The maximum Gasteiger partial charge on any atom is 0.416 e. The maximum atomic E-state index is 13.2. The molecule has 1 aliphatic heterocycles. The molecule has 1 aliphatic rings. The van der Waals surface area contributed by atoms with E-state index in [1.807, 2.05) is 4.90 Å². The molecule has 1 N–H and O–H groups in total. The quantitative estimate of drug-likeness (QED) is 0.592. The van der Waals surface area contributed by atoms with Crippen molar-refractivity contribution in [1.29, 1.82) is 0 Å². The van der Waals surface area contributed by atoms with Gasteiger partial charge in [0.05, 0.1) is 17.2 Å². The summed E-state index contributed by atoms with van der Waals surface area (Å²) in [4.78, 5) is 26.9. The van der Waals surface area contributed by atoms with Gasteiger partial charge in [-0.2, -0.15) is 17.9 Å². The van der Waals surface area contributed by atoms with Gasteiger partial charge in [-0.15, -0.1) is 5.10 Å². The number of piperidine rings is 1. The number of nitrogens with zero attached hydrogens (tertiary/aromatic N) is 3. The van der Waals surface area contributed by atoms with E-state index in [0.717, 1.165) is 16.8 Å². The first-order valence-electron chi connectivity index (χ1n) is 10.3. The standard InChI is InChI=1S/C23H20F4N4O2/c24-17-6-8-19(9-7-17)31-21(32)11-10-20(29-31)30-12-2-3-15(14-30)22(33)28-18-5-1-4-16(13-18)23(25,26)27/h1,4-11,13,15H,2-3,12,14H2,(H,28,33)/t15-/m1/s1. The van der Waals surface area contributed by atoms with Crippen LogP contribution >= 0.6 is 0 Å². The number of hydrogen-bond donors (Lipinski definition) is 1. The molecule has 10 heteroatoms. The molecular weight excluding hydrogens is 440 g/mol. The zero-order chi connectivity index (χ0) is 23.6. The number of alkyl halides is 3. The first-order chi connectivity index (χ1) is 15.7. The van der Waals surface area contributed by atoms with Gasteiger partial charge in [-0.05, 0) is 61.4 Å². The van der Waals surface area contributed by atoms with E-state index in [1.165, 1.54) is 42.5 Å². The van der Waals surface area contributed by atoms with Crippen molar-refractivity contribution >= 4 is 17.4 Å². The number of hydrogen-bond acceptors (Lipinski definition) is 4. The monoisotopic (exact) mass is 460 g/mol. The van der Waals surface area contributed by atoms with Crippen LogP contribution in [-0.4, -0.2) is 28.8 Å². The van der Waals surface area contributed by atoms with Crippen molar-refractivity contribution in [3.8, 4) is 5.69 Å². The average molecular weight is 460 g/mol. The number of anilines is 2. The van der Waals surface area contributed by atoms with Crippen LogP contribution in [0.15, 0.2) is 65.5 Å². The number of carbonyl (C=O) groups is 1. The minimum absolute atomic E-state index is 0.0786. The summed E-state index contributed by atoms with van der Waals surface area (Å²) in [5, 5.41) is 6.93. The van der Waals surface area contributed by atoms with Gasteiger partial charge in [-0.25, -0.2) is 4.39 Å². The lowest BCUT2D eigenvalue weighted by Gasteiger charge is -2.33. The SMILES string of the molecule is O=C(Nc1cccc(C(F)(F)F)c1)[C@@H]1CCCN(c2ccc(=O)n(-c3ccc(F)cc3)n2)C1. The highest BCUT2D eigenvalue weighted by Crippen LogP contribution is 2.31. The van der Waals surface area contributed by atoms with Crippen LogP contribution in [-0.2, 0) is 11.0 Å². The fraction of sp³-hybridized carbons (Fsp3) is 0.261. The molecule has 6 nitrogen and oxygen atoms in total. The highest BCUT2D eigenvalue weighted by atomic mass is 19.4. The van der Waals surface area contributed by atoms with Gasteiger partial charge in [0.2, 0.25) is 5.91 Å². The minimum Gasteiger partial charge on any atom is -0.354 e. The topological polar surface area (TPSA) is 67.2 Å². The summed E-state index contributed by atoms with van der Waals surface area (Å²) in [7, 11) is 0. The Bertz CT molecular complexity index is 1210. The highest BCUT2D eigenvalue weighted by molar-refractivity contribution is 5.93. The molecule has 1 aromatic heterocycles. The molecule has 0 unspecified atom stereocenters. The molecule has 1 amide bonds. The number of aromatic nitrogens is 2. The lowest BCUT2D eigenvalue weighted by atomic mass is 9.97. The predicted molar refractivity (Wildman–Crippen MR) is 115 cm³/mol. The summed E-state index contributed by atoms with van der Waals surface area (Å²) in [6.07, 6.45) is -3.27.